The molecule has 0 amide bonds. The van der Waals surface area contributed by atoms with Crippen LogP contribution in [-0.4, -0.2) is 9.78 Å². The molecule has 4 aromatic rings. The number of hydrogen-bond acceptors (Lipinski definition) is 2. The Labute approximate surface area is 144 Å². The molecular weight excluding hydrogens is 315 g/mol. The predicted octanol–water partition coefficient (Wildman–Crippen LogP) is 4.25. The van der Waals surface area contributed by atoms with E-state index < -0.39 is 0 Å². The van der Waals surface area contributed by atoms with Crippen LogP contribution in [0.1, 0.15) is 5.56 Å². The fourth-order valence-electron chi connectivity index (χ4n) is 2.92. The molecule has 122 valence electrons. The normalized spacial score (nSPS) is 10.9. The molecule has 0 spiro atoms. The highest BCUT2D eigenvalue weighted by molar-refractivity contribution is 5.93. The second-order valence-electron chi connectivity index (χ2n) is 5.85. The lowest BCUT2D eigenvalue weighted by atomic mass is 10.0. The Morgan fingerprint density at radius 2 is 1.44 bits per heavy atom. The maximum Gasteiger partial charge on any atom is 0.274 e. The van der Waals surface area contributed by atoms with Gasteiger partial charge in [0.1, 0.15) is 5.82 Å². The largest absolute Gasteiger partial charge is 0.274 e. The average Bonchev–Trinajstić information content (AvgIpc) is 2.66. The summed E-state index contributed by atoms with van der Waals surface area (Å²) in [6, 6.07) is 23.3. The van der Waals surface area contributed by atoms with Crippen molar-refractivity contribution < 1.29 is 4.39 Å². The van der Waals surface area contributed by atoms with Crippen LogP contribution < -0.4 is 5.56 Å². The van der Waals surface area contributed by atoms with E-state index in [4.69, 9.17) is 0 Å². The van der Waals surface area contributed by atoms with E-state index in [9.17, 15) is 9.18 Å². The molecule has 3 aromatic carbocycles. The highest BCUT2D eigenvalue weighted by atomic mass is 19.1. The van der Waals surface area contributed by atoms with E-state index in [-0.39, 0.29) is 11.4 Å². The first kappa shape index (κ1) is 15.3. The zero-order valence-electron chi connectivity index (χ0n) is 13.4. The first-order chi connectivity index (χ1) is 12.2. The second kappa shape index (κ2) is 6.32. The van der Waals surface area contributed by atoms with Gasteiger partial charge < -0.3 is 0 Å². The third-order valence-corrected chi connectivity index (χ3v) is 4.16. The molecule has 0 aliphatic carbocycles. The lowest BCUT2D eigenvalue weighted by molar-refractivity contribution is 0.627. The predicted molar refractivity (Wildman–Crippen MR) is 96.9 cm³/mol. The van der Waals surface area contributed by atoms with E-state index in [1.165, 1.54) is 16.8 Å². The van der Waals surface area contributed by atoms with Crippen molar-refractivity contribution in [3.63, 3.8) is 0 Å². The van der Waals surface area contributed by atoms with Crippen LogP contribution in [0.3, 0.4) is 0 Å². The summed E-state index contributed by atoms with van der Waals surface area (Å²) in [5.41, 5.74) is 2.31. The van der Waals surface area contributed by atoms with Crippen molar-refractivity contribution in [3.8, 4) is 11.3 Å². The van der Waals surface area contributed by atoms with Crippen LogP contribution in [0.2, 0.25) is 0 Å². The van der Waals surface area contributed by atoms with Gasteiger partial charge in [-0.3, -0.25) is 4.79 Å². The van der Waals surface area contributed by atoms with Crippen molar-refractivity contribution in [2.75, 3.05) is 0 Å². The van der Waals surface area contributed by atoms with Crippen molar-refractivity contribution in [1.29, 1.82) is 0 Å². The summed E-state index contributed by atoms with van der Waals surface area (Å²) in [5.74, 6) is -0.300. The van der Waals surface area contributed by atoms with E-state index in [0.717, 1.165) is 16.5 Å². The molecule has 0 aliphatic heterocycles. The Kier molecular flexibility index (Phi) is 3.86. The quantitative estimate of drug-likeness (QED) is 0.563. The van der Waals surface area contributed by atoms with Gasteiger partial charge in [0.2, 0.25) is 0 Å². The molecule has 3 nitrogen and oxygen atoms in total. The molecule has 0 unspecified atom stereocenters. The maximum atomic E-state index is 13.3. The topological polar surface area (TPSA) is 34.9 Å². The first-order valence-corrected chi connectivity index (χ1v) is 8.02. The highest BCUT2D eigenvalue weighted by Crippen LogP contribution is 2.24. The minimum Gasteiger partial charge on any atom is -0.267 e. The van der Waals surface area contributed by atoms with Gasteiger partial charge in [0.15, 0.2) is 0 Å². The monoisotopic (exact) mass is 330 g/mol. The standard InChI is InChI=1S/C21H15FN2O/c22-17-12-10-16(11-13-17)20-18-8-4-5-9-19(18)21(25)24(23-20)14-15-6-2-1-3-7-15/h1-13H,14H2. The summed E-state index contributed by atoms with van der Waals surface area (Å²) in [7, 11) is 0. The molecular formula is C21H15FN2O. The van der Waals surface area contributed by atoms with Crippen molar-refractivity contribution >= 4 is 10.8 Å². The number of fused-ring (bicyclic) bond motifs is 1. The van der Waals surface area contributed by atoms with Gasteiger partial charge in [-0.2, -0.15) is 5.10 Å². The molecule has 1 aromatic heterocycles. The molecule has 4 heteroatoms. The van der Waals surface area contributed by atoms with Gasteiger partial charge in [0, 0.05) is 10.9 Å². The van der Waals surface area contributed by atoms with Crippen LogP contribution in [-0.2, 0) is 6.54 Å². The van der Waals surface area contributed by atoms with Gasteiger partial charge >= 0.3 is 0 Å². The zero-order valence-corrected chi connectivity index (χ0v) is 13.4. The minimum atomic E-state index is -0.300. The number of rotatable bonds is 3. The smallest absolute Gasteiger partial charge is 0.267 e. The van der Waals surface area contributed by atoms with Crippen molar-refractivity contribution in [2.45, 2.75) is 6.54 Å². The molecule has 0 radical (unpaired) electrons. The fraction of sp³-hybridized carbons (Fsp3) is 0.0476. The molecule has 0 saturated carbocycles. The Hall–Kier alpha value is -3.27. The van der Waals surface area contributed by atoms with Crippen molar-refractivity contribution in [3.05, 3.63) is 101 Å². The van der Waals surface area contributed by atoms with Crippen LogP contribution in [0, 0.1) is 5.82 Å². The zero-order chi connectivity index (χ0) is 17.2. The SMILES string of the molecule is O=c1c2ccccc2c(-c2ccc(F)cc2)nn1Cc1ccccc1. The van der Waals surface area contributed by atoms with Gasteiger partial charge in [-0.1, -0.05) is 48.5 Å². The third-order valence-electron chi connectivity index (χ3n) is 4.16. The number of hydrogen-bond donors (Lipinski definition) is 0. The van der Waals surface area contributed by atoms with E-state index >= 15 is 0 Å². The molecule has 25 heavy (non-hydrogen) atoms. The Morgan fingerprint density at radius 1 is 0.800 bits per heavy atom. The summed E-state index contributed by atoms with van der Waals surface area (Å²) >= 11 is 0. The molecule has 0 bridgehead atoms. The Balaban J connectivity index is 1.94. The average molecular weight is 330 g/mol. The number of benzene rings is 3. The van der Waals surface area contributed by atoms with Gasteiger partial charge in [-0.15, -0.1) is 0 Å². The molecule has 0 N–H and O–H groups in total. The van der Waals surface area contributed by atoms with Crippen molar-refractivity contribution in [1.82, 2.24) is 9.78 Å². The number of halogens is 1. The van der Waals surface area contributed by atoms with Crippen LogP contribution in [0.25, 0.3) is 22.0 Å². The van der Waals surface area contributed by atoms with Crippen LogP contribution in [0.15, 0.2) is 83.7 Å². The van der Waals surface area contributed by atoms with E-state index in [2.05, 4.69) is 5.10 Å². The summed E-state index contributed by atoms with van der Waals surface area (Å²) in [6.07, 6.45) is 0. The summed E-state index contributed by atoms with van der Waals surface area (Å²) in [5, 5.41) is 5.95. The number of nitrogens with zero attached hydrogens (tertiary/aromatic N) is 2. The lowest BCUT2D eigenvalue weighted by Gasteiger charge is -2.11. The molecule has 0 saturated heterocycles. The van der Waals surface area contributed by atoms with Gasteiger partial charge in [-0.05, 0) is 35.9 Å². The van der Waals surface area contributed by atoms with Gasteiger partial charge in [0.05, 0.1) is 17.6 Å². The fourth-order valence-corrected chi connectivity index (χ4v) is 2.92. The summed E-state index contributed by atoms with van der Waals surface area (Å²) < 4.78 is 14.7. The first-order valence-electron chi connectivity index (χ1n) is 8.02. The lowest BCUT2D eigenvalue weighted by Crippen LogP contribution is -2.24. The Morgan fingerprint density at radius 3 is 2.16 bits per heavy atom. The third kappa shape index (κ3) is 2.94. The van der Waals surface area contributed by atoms with Gasteiger partial charge in [-0.25, -0.2) is 9.07 Å². The maximum absolute atomic E-state index is 13.3. The molecule has 4 rings (SSSR count). The van der Waals surface area contributed by atoms with Crippen LogP contribution in [0.5, 0.6) is 0 Å². The van der Waals surface area contributed by atoms with E-state index in [0.29, 0.717) is 17.6 Å². The molecule has 0 fully saturated rings. The molecule has 1 heterocycles. The Bertz CT molecular complexity index is 1090. The van der Waals surface area contributed by atoms with Crippen LogP contribution in [0.4, 0.5) is 4.39 Å². The van der Waals surface area contributed by atoms with E-state index in [1.807, 2.05) is 48.5 Å². The minimum absolute atomic E-state index is 0.134. The second-order valence-corrected chi connectivity index (χ2v) is 5.85. The number of aromatic nitrogens is 2. The van der Waals surface area contributed by atoms with Crippen molar-refractivity contribution in [2.24, 2.45) is 0 Å². The van der Waals surface area contributed by atoms with E-state index in [1.54, 1.807) is 18.2 Å². The van der Waals surface area contributed by atoms with Crippen LogP contribution >= 0.6 is 0 Å². The highest BCUT2D eigenvalue weighted by Gasteiger charge is 2.12. The van der Waals surface area contributed by atoms with Gasteiger partial charge in [0.25, 0.3) is 5.56 Å². The summed E-state index contributed by atoms with van der Waals surface area (Å²) in [6.45, 7) is 0.388. The molecule has 0 atom stereocenters. The summed E-state index contributed by atoms with van der Waals surface area (Å²) in [4.78, 5) is 12.8. The molecule has 0 aliphatic rings.